The van der Waals surface area contributed by atoms with Gasteiger partial charge >= 0.3 is 5.97 Å². The first-order valence-corrected chi connectivity index (χ1v) is 6.70. The van der Waals surface area contributed by atoms with Crippen LogP contribution in [0.4, 0.5) is 0 Å². The topological polar surface area (TPSA) is 40.5 Å². The van der Waals surface area contributed by atoms with E-state index in [0.717, 1.165) is 18.9 Å². The summed E-state index contributed by atoms with van der Waals surface area (Å²) in [6.45, 7) is 3.39. The van der Waals surface area contributed by atoms with Crippen LogP contribution in [0.25, 0.3) is 0 Å². The van der Waals surface area contributed by atoms with Crippen LogP contribution in [0.15, 0.2) is 0 Å². The Bertz CT molecular complexity index is 254. The molecule has 16 heavy (non-hydrogen) atoms. The molecular formula is C13H23NO2. The molecule has 1 saturated carbocycles. The number of carboxylic acids is 1. The summed E-state index contributed by atoms with van der Waals surface area (Å²) >= 11 is 0. The van der Waals surface area contributed by atoms with E-state index in [-0.39, 0.29) is 0 Å². The minimum atomic E-state index is -0.636. The highest BCUT2D eigenvalue weighted by molar-refractivity contribution is 5.67. The minimum absolute atomic E-state index is 0.314. The van der Waals surface area contributed by atoms with Crippen molar-refractivity contribution >= 4 is 5.97 Å². The average molecular weight is 225 g/mol. The Morgan fingerprint density at radius 3 is 2.81 bits per heavy atom. The molecule has 0 radical (unpaired) electrons. The number of hydrogen-bond donors (Lipinski definition) is 1. The van der Waals surface area contributed by atoms with Crippen LogP contribution in [0.1, 0.15) is 51.9 Å². The van der Waals surface area contributed by atoms with E-state index in [1.807, 2.05) is 0 Å². The van der Waals surface area contributed by atoms with Crippen molar-refractivity contribution < 1.29 is 9.90 Å². The van der Waals surface area contributed by atoms with Crippen molar-refractivity contribution in [3.05, 3.63) is 0 Å². The number of carboxylic acid groups (broad SMARTS) is 1. The molecule has 1 aliphatic heterocycles. The van der Waals surface area contributed by atoms with Gasteiger partial charge in [0.1, 0.15) is 0 Å². The standard InChI is InChI=1S/C13H23NO2/c1-2-10-5-3-7-12(10)14-8-4-6-11(14)9-13(15)16/h10-12H,2-9H2,1H3,(H,15,16). The molecule has 2 fully saturated rings. The van der Waals surface area contributed by atoms with E-state index in [1.165, 1.54) is 32.1 Å². The number of aliphatic carboxylic acids is 1. The van der Waals surface area contributed by atoms with Gasteiger partial charge in [0, 0.05) is 12.1 Å². The Balaban J connectivity index is 1.98. The van der Waals surface area contributed by atoms with E-state index in [2.05, 4.69) is 11.8 Å². The zero-order chi connectivity index (χ0) is 11.5. The van der Waals surface area contributed by atoms with Crippen LogP contribution in [0, 0.1) is 5.92 Å². The number of carbonyl (C=O) groups is 1. The predicted molar refractivity (Wildman–Crippen MR) is 63.4 cm³/mol. The molecular weight excluding hydrogens is 202 g/mol. The second-order valence-corrected chi connectivity index (χ2v) is 5.30. The third-order valence-corrected chi connectivity index (χ3v) is 4.40. The maximum Gasteiger partial charge on any atom is 0.304 e. The monoisotopic (exact) mass is 225 g/mol. The molecule has 3 unspecified atom stereocenters. The lowest BCUT2D eigenvalue weighted by molar-refractivity contribution is -0.138. The molecule has 3 atom stereocenters. The van der Waals surface area contributed by atoms with Crippen molar-refractivity contribution in [2.75, 3.05) is 6.54 Å². The lowest BCUT2D eigenvalue weighted by Crippen LogP contribution is -2.42. The van der Waals surface area contributed by atoms with E-state index < -0.39 is 5.97 Å². The van der Waals surface area contributed by atoms with Gasteiger partial charge in [-0.25, -0.2) is 0 Å². The van der Waals surface area contributed by atoms with Gasteiger partial charge in [0.15, 0.2) is 0 Å². The lowest BCUT2D eigenvalue weighted by Gasteiger charge is -2.33. The van der Waals surface area contributed by atoms with Crippen molar-refractivity contribution in [3.8, 4) is 0 Å². The fraction of sp³-hybridized carbons (Fsp3) is 0.923. The molecule has 0 amide bonds. The van der Waals surface area contributed by atoms with Crippen LogP contribution in [0.3, 0.4) is 0 Å². The van der Waals surface area contributed by atoms with Gasteiger partial charge in [0.05, 0.1) is 6.42 Å². The smallest absolute Gasteiger partial charge is 0.304 e. The third-order valence-electron chi connectivity index (χ3n) is 4.40. The summed E-state index contributed by atoms with van der Waals surface area (Å²) < 4.78 is 0. The summed E-state index contributed by atoms with van der Waals surface area (Å²) in [6.07, 6.45) is 7.82. The van der Waals surface area contributed by atoms with Crippen LogP contribution in [0.2, 0.25) is 0 Å². The van der Waals surface area contributed by atoms with Gasteiger partial charge in [-0.2, -0.15) is 0 Å². The second-order valence-electron chi connectivity index (χ2n) is 5.30. The van der Waals surface area contributed by atoms with Gasteiger partial charge in [0.2, 0.25) is 0 Å². The quantitative estimate of drug-likeness (QED) is 0.799. The Morgan fingerprint density at radius 2 is 2.12 bits per heavy atom. The summed E-state index contributed by atoms with van der Waals surface area (Å²) in [6, 6.07) is 0.992. The Morgan fingerprint density at radius 1 is 1.31 bits per heavy atom. The van der Waals surface area contributed by atoms with Gasteiger partial charge in [-0.3, -0.25) is 9.69 Å². The Labute approximate surface area is 97.8 Å². The SMILES string of the molecule is CCC1CCCC1N1CCCC1CC(=O)O. The first kappa shape index (κ1) is 11.9. The Hall–Kier alpha value is -0.570. The van der Waals surface area contributed by atoms with Crippen LogP contribution in [-0.4, -0.2) is 34.6 Å². The summed E-state index contributed by atoms with van der Waals surface area (Å²) in [7, 11) is 0. The van der Waals surface area contributed by atoms with Gasteiger partial charge in [-0.15, -0.1) is 0 Å². The summed E-state index contributed by atoms with van der Waals surface area (Å²) in [5, 5.41) is 8.93. The van der Waals surface area contributed by atoms with Crippen LogP contribution >= 0.6 is 0 Å². The minimum Gasteiger partial charge on any atom is -0.481 e. The highest BCUT2D eigenvalue weighted by Crippen LogP contribution is 2.36. The molecule has 92 valence electrons. The van der Waals surface area contributed by atoms with Crippen LogP contribution in [0.5, 0.6) is 0 Å². The molecule has 2 aliphatic rings. The van der Waals surface area contributed by atoms with E-state index in [4.69, 9.17) is 5.11 Å². The highest BCUT2D eigenvalue weighted by atomic mass is 16.4. The molecule has 0 spiro atoms. The van der Waals surface area contributed by atoms with E-state index in [9.17, 15) is 4.79 Å². The molecule has 2 rings (SSSR count). The number of hydrogen-bond acceptors (Lipinski definition) is 2. The van der Waals surface area contributed by atoms with E-state index in [0.29, 0.717) is 18.5 Å². The molecule has 1 N–H and O–H groups in total. The normalized spacial score (nSPS) is 35.7. The fourth-order valence-electron chi connectivity index (χ4n) is 3.65. The second kappa shape index (κ2) is 5.17. The van der Waals surface area contributed by atoms with Gasteiger partial charge < -0.3 is 5.11 Å². The molecule has 1 saturated heterocycles. The largest absolute Gasteiger partial charge is 0.481 e. The van der Waals surface area contributed by atoms with Gasteiger partial charge in [0.25, 0.3) is 0 Å². The maximum absolute atomic E-state index is 10.8. The molecule has 0 aromatic carbocycles. The fourth-order valence-corrected chi connectivity index (χ4v) is 3.65. The number of rotatable bonds is 4. The van der Waals surface area contributed by atoms with Crippen LogP contribution < -0.4 is 0 Å². The van der Waals surface area contributed by atoms with Gasteiger partial charge in [-0.1, -0.05) is 19.8 Å². The molecule has 0 aromatic rings. The summed E-state index contributed by atoms with van der Waals surface area (Å²) in [4.78, 5) is 13.3. The summed E-state index contributed by atoms with van der Waals surface area (Å²) in [5.41, 5.74) is 0. The Kier molecular flexibility index (Phi) is 3.85. The van der Waals surface area contributed by atoms with Crippen LogP contribution in [-0.2, 0) is 4.79 Å². The van der Waals surface area contributed by atoms with Crippen molar-refractivity contribution in [3.63, 3.8) is 0 Å². The highest BCUT2D eigenvalue weighted by Gasteiger charge is 2.37. The molecule has 1 heterocycles. The zero-order valence-corrected chi connectivity index (χ0v) is 10.2. The van der Waals surface area contributed by atoms with Crippen molar-refractivity contribution in [2.24, 2.45) is 5.92 Å². The predicted octanol–water partition coefficient (Wildman–Crippen LogP) is 2.50. The molecule has 1 aliphatic carbocycles. The summed E-state index contributed by atoms with van der Waals surface area (Å²) in [5.74, 6) is 0.178. The van der Waals surface area contributed by atoms with Crippen molar-refractivity contribution in [1.29, 1.82) is 0 Å². The van der Waals surface area contributed by atoms with Gasteiger partial charge in [-0.05, 0) is 38.1 Å². The zero-order valence-electron chi connectivity index (χ0n) is 10.2. The van der Waals surface area contributed by atoms with Crippen molar-refractivity contribution in [1.82, 2.24) is 4.90 Å². The number of likely N-dealkylation sites (tertiary alicyclic amines) is 1. The van der Waals surface area contributed by atoms with E-state index in [1.54, 1.807) is 0 Å². The average Bonchev–Trinajstić information content (AvgIpc) is 2.83. The molecule has 0 bridgehead atoms. The lowest BCUT2D eigenvalue weighted by atomic mass is 9.98. The third kappa shape index (κ3) is 2.40. The molecule has 3 nitrogen and oxygen atoms in total. The first-order chi connectivity index (χ1) is 7.72. The van der Waals surface area contributed by atoms with E-state index >= 15 is 0 Å². The van der Waals surface area contributed by atoms with Crippen molar-refractivity contribution in [2.45, 2.75) is 64.0 Å². The maximum atomic E-state index is 10.8. The first-order valence-electron chi connectivity index (χ1n) is 6.70. The molecule has 3 heteroatoms. The number of nitrogens with zero attached hydrogens (tertiary/aromatic N) is 1. The molecule has 0 aromatic heterocycles.